The molecule has 3 unspecified atom stereocenters. The van der Waals surface area contributed by atoms with Crippen LogP contribution in [0, 0.1) is 5.92 Å². The lowest BCUT2D eigenvalue weighted by Crippen LogP contribution is -2.15. The predicted molar refractivity (Wildman–Crippen MR) is 91.1 cm³/mol. The fraction of sp³-hybridized carbons (Fsp3) is 0.263. The quantitative estimate of drug-likeness (QED) is 0.639. The maximum atomic E-state index is 12.5. The number of allylic oxidation sites excluding steroid dienone is 8. The van der Waals surface area contributed by atoms with E-state index in [0.717, 1.165) is 35.3 Å². The van der Waals surface area contributed by atoms with Crippen molar-refractivity contribution in [2.75, 3.05) is 0 Å². The third kappa shape index (κ3) is 2.19. The van der Waals surface area contributed by atoms with Crippen molar-refractivity contribution in [1.82, 2.24) is 0 Å². The zero-order valence-electron chi connectivity index (χ0n) is 12.5. The fourth-order valence-electron chi connectivity index (χ4n) is 3.26. The molecule has 2 aliphatic carbocycles. The van der Waals surface area contributed by atoms with Crippen LogP contribution in [0.3, 0.4) is 0 Å². The molecule has 1 aromatic carbocycles. The Morgan fingerprint density at radius 3 is 2.91 bits per heavy atom. The number of hydrogen-bond acceptors (Lipinski definition) is 2. The lowest BCUT2D eigenvalue weighted by atomic mass is 9.89. The minimum atomic E-state index is -1.70. The minimum absolute atomic E-state index is 0.00125. The van der Waals surface area contributed by atoms with Gasteiger partial charge in [0.1, 0.15) is 0 Å². The topological polar surface area (TPSA) is 26.3 Å². The van der Waals surface area contributed by atoms with E-state index in [1.165, 1.54) is 5.57 Å². The van der Waals surface area contributed by atoms with Crippen LogP contribution in [-0.4, -0.2) is 5.66 Å². The van der Waals surface area contributed by atoms with Gasteiger partial charge in [-0.05, 0) is 22.5 Å². The Balaban J connectivity index is 1.85. The van der Waals surface area contributed by atoms with Gasteiger partial charge in [-0.15, -0.1) is 0 Å². The number of rotatable bonds is 1. The molecule has 0 spiro atoms. The van der Waals surface area contributed by atoms with Gasteiger partial charge in [0.25, 0.3) is 0 Å². The van der Waals surface area contributed by atoms with Gasteiger partial charge < -0.3 is 0 Å². The van der Waals surface area contributed by atoms with Gasteiger partial charge in [0.2, 0.25) is 11.4 Å². The summed E-state index contributed by atoms with van der Waals surface area (Å²) in [6, 6.07) is 6.21. The molecule has 0 saturated heterocycles. The Morgan fingerprint density at radius 2 is 2.09 bits per heavy atom. The second-order valence-corrected chi connectivity index (χ2v) is 7.47. The first-order valence-electron chi connectivity index (χ1n) is 7.77. The summed E-state index contributed by atoms with van der Waals surface area (Å²) in [4.78, 5) is 0. The summed E-state index contributed by atoms with van der Waals surface area (Å²) in [6.07, 6.45) is 14.7. The molecule has 0 bridgehead atoms. The van der Waals surface area contributed by atoms with Gasteiger partial charge in [-0.3, -0.25) is 4.52 Å². The van der Waals surface area contributed by atoms with Crippen molar-refractivity contribution in [3.63, 3.8) is 0 Å². The minimum Gasteiger partial charge on any atom is -0.253 e. The summed E-state index contributed by atoms with van der Waals surface area (Å²) in [5, 5.41) is 0. The van der Waals surface area contributed by atoms with Gasteiger partial charge in [0.15, 0.2) is 0 Å². The van der Waals surface area contributed by atoms with Gasteiger partial charge in [-0.2, -0.15) is 0 Å². The van der Waals surface area contributed by atoms with Crippen LogP contribution in [0.2, 0.25) is 0 Å². The summed E-state index contributed by atoms with van der Waals surface area (Å²) in [5.74, 6) is 1.36. The van der Waals surface area contributed by atoms with Crippen LogP contribution in [-0.2, 0) is 4.57 Å². The van der Waals surface area contributed by atoms with Gasteiger partial charge in [0, 0.05) is 23.1 Å². The highest BCUT2D eigenvalue weighted by atomic mass is 31.1. The van der Waals surface area contributed by atoms with E-state index in [1.807, 2.05) is 0 Å². The van der Waals surface area contributed by atoms with Crippen LogP contribution in [0.15, 0.2) is 54.7 Å². The van der Waals surface area contributed by atoms with Crippen LogP contribution >= 0.6 is 8.03 Å². The lowest BCUT2D eigenvalue weighted by molar-refractivity contribution is 0.491. The predicted octanol–water partition coefficient (Wildman–Crippen LogP) is 5.51. The molecule has 110 valence electrons. The van der Waals surface area contributed by atoms with Crippen molar-refractivity contribution >= 4 is 19.2 Å². The molecule has 1 heterocycles. The first-order valence-corrected chi connectivity index (χ1v) is 9.02. The molecule has 0 aromatic heterocycles. The van der Waals surface area contributed by atoms with E-state index in [9.17, 15) is 4.57 Å². The normalized spacial score (nSPS) is 27.4. The highest BCUT2D eigenvalue weighted by molar-refractivity contribution is 7.41. The largest absolute Gasteiger partial charge is 0.564 e. The Bertz CT molecular complexity index is 768. The second kappa shape index (κ2) is 5.37. The third-order valence-corrected chi connectivity index (χ3v) is 5.88. The zero-order chi connectivity index (χ0) is 15.1. The highest BCUT2D eigenvalue weighted by Gasteiger charge is 2.44. The van der Waals surface area contributed by atoms with E-state index < -0.39 is 8.03 Å². The van der Waals surface area contributed by atoms with E-state index in [0.29, 0.717) is 5.92 Å². The third-order valence-electron chi connectivity index (χ3n) is 4.52. The molecule has 0 radical (unpaired) electrons. The summed E-state index contributed by atoms with van der Waals surface area (Å²) < 4.78 is 18.4. The zero-order valence-corrected chi connectivity index (χ0v) is 13.4. The van der Waals surface area contributed by atoms with E-state index in [-0.39, 0.29) is 5.66 Å². The summed E-state index contributed by atoms with van der Waals surface area (Å²) in [6.45, 7) is 2.21. The second-order valence-electron chi connectivity index (χ2n) is 6.09. The van der Waals surface area contributed by atoms with E-state index in [1.54, 1.807) is 0 Å². The first kappa shape index (κ1) is 13.7. The maximum absolute atomic E-state index is 12.5. The molecule has 22 heavy (non-hydrogen) atoms. The summed E-state index contributed by atoms with van der Waals surface area (Å²) in [7, 11) is -1.70. The van der Waals surface area contributed by atoms with Crippen molar-refractivity contribution < 1.29 is 9.09 Å². The summed E-state index contributed by atoms with van der Waals surface area (Å²) in [5.41, 5.74) is 4.47. The molecule has 0 fully saturated rings. The van der Waals surface area contributed by atoms with E-state index in [4.69, 9.17) is 4.52 Å². The molecule has 0 N–H and O–H groups in total. The van der Waals surface area contributed by atoms with Gasteiger partial charge in [0.05, 0.1) is 0 Å². The molecule has 1 aliphatic heterocycles. The smallest absolute Gasteiger partial charge is 0.253 e. The Hall–Kier alpha value is -1.92. The molecule has 3 heteroatoms. The number of hydrogen-bond donors (Lipinski definition) is 0. The molecular weight excluding hydrogens is 291 g/mol. The van der Waals surface area contributed by atoms with Crippen LogP contribution in [0.5, 0.6) is 5.75 Å². The fourth-order valence-corrected chi connectivity index (χ4v) is 4.51. The molecule has 4 rings (SSSR count). The van der Waals surface area contributed by atoms with Crippen molar-refractivity contribution in [3.05, 3.63) is 65.8 Å². The van der Waals surface area contributed by atoms with Crippen molar-refractivity contribution in [1.29, 1.82) is 0 Å². The Kier molecular flexibility index (Phi) is 3.35. The Morgan fingerprint density at radius 1 is 1.23 bits per heavy atom. The number of fused-ring (bicyclic) bond motifs is 3. The maximum Gasteiger partial charge on any atom is 0.564 e. The van der Waals surface area contributed by atoms with Gasteiger partial charge in [-0.25, -0.2) is 0 Å². The van der Waals surface area contributed by atoms with Gasteiger partial charge >= 0.3 is 8.03 Å². The van der Waals surface area contributed by atoms with E-state index in [2.05, 4.69) is 61.6 Å². The van der Waals surface area contributed by atoms with E-state index >= 15 is 0 Å². The molecule has 0 amide bonds. The summed E-state index contributed by atoms with van der Waals surface area (Å²) >= 11 is 0. The molecule has 2 nitrogen and oxygen atoms in total. The van der Waals surface area contributed by atoms with Crippen molar-refractivity contribution in [3.8, 4) is 5.75 Å². The molecule has 3 atom stereocenters. The number of para-hydroxylation sites is 1. The van der Waals surface area contributed by atoms with Crippen molar-refractivity contribution in [2.24, 2.45) is 5.92 Å². The molecule has 3 aliphatic rings. The molecular formula is C19H18O2P+. The first-order chi connectivity index (χ1) is 10.7. The van der Waals surface area contributed by atoms with Crippen LogP contribution in [0.4, 0.5) is 0 Å². The monoisotopic (exact) mass is 309 g/mol. The molecule has 0 saturated carbocycles. The van der Waals surface area contributed by atoms with Crippen LogP contribution in [0.1, 0.15) is 30.9 Å². The average molecular weight is 309 g/mol. The number of benzene rings is 1. The van der Waals surface area contributed by atoms with Crippen LogP contribution in [0.25, 0.3) is 11.1 Å². The van der Waals surface area contributed by atoms with Crippen molar-refractivity contribution in [2.45, 2.75) is 25.4 Å². The van der Waals surface area contributed by atoms with Crippen LogP contribution < -0.4 is 4.52 Å². The SMILES string of the molecule is CC1C=CC(c2cccc3c2O[P+](=O)C2CC=CC=C32)=CC1. The lowest BCUT2D eigenvalue weighted by Gasteiger charge is -2.22. The Labute approximate surface area is 131 Å². The molecule has 1 aromatic rings. The highest BCUT2D eigenvalue weighted by Crippen LogP contribution is 2.53. The van der Waals surface area contributed by atoms with Gasteiger partial charge in [-0.1, -0.05) is 61.6 Å². The average Bonchev–Trinajstić information content (AvgIpc) is 2.56. The standard InChI is InChI=1S/C19H18O2P/c1-13-9-11-14(12-10-13)15-6-4-7-17-16-5-2-3-8-18(16)22(20)21-19(15)17/h2-7,9,11-13,18H,8,10H2,1H3/q+1.